The molecular formula is C13H24O. The van der Waals surface area contributed by atoms with E-state index in [-0.39, 0.29) is 0 Å². The van der Waals surface area contributed by atoms with E-state index < -0.39 is 0 Å². The minimum absolute atomic E-state index is 0.806. The van der Waals surface area contributed by atoms with Crippen molar-refractivity contribution in [3.05, 3.63) is 0 Å². The molecule has 0 aliphatic carbocycles. The molecule has 0 atom stereocenters. The fourth-order valence-corrected chi connectivity index (χ4v) is 1.22. The molecule has 14 heavy (non-hydrogen) atoms. The number of hydrogen-bond acceptors (Lipinski definition) is 1. The number of ether oxygens (including phenoxy) is 1. The Balaban J connectivity index is 3.02. The van der Waals surface area contributed by atoms with Crippen LogP contribution in [0.1, 0.15) is 65.2 Å². The van der Waals surface area contributed by atoms with Gasteiger partial charge in [0.05, 0.1) is 0 Å². The van der Waals surface area contributed by atoms with Crippen LogP contribution in [0.4, 0.5) is 0 Å². The van der Waals surface area contributed by atoms with Crippen molar-refractivity contribution < 1.29 is 4.74 Å². The summed E-state index contributed by atoms with van der Waals surface area (Å²) < 4.78 is 5.20. The van der Waals surface area contributed by atoms with E-state index in [1.54, 1.807) is 0 Å². The van der Waals surface area contributed by atoms with Crippen LogP contribution in [0.3, 0.4) is 0 Å². The number of unbranched alkanes of at least 4 members (excludes halogenated alkanes) is 6. The molecule has 0 saturated heterocycles. The van der Waals surface area contributed by atoms with Gasteiger partial charge < -0.3 is 4.74 Å². The van der Waals surface area contributed by atoms with Crippen LogP contribution in [0, 0.1) is 12.0 Å². The summed E-state index contributed by atoms with van der Waals surface area (Å²) in [5.41, 5.74) is 0. The first kappa shape index (κ1) is 13.4. The Morgan fingerprint density at radius 1 is 0.857 bits per heavy atom. The highest BCUT2D eigenvalue weighted by atomic mass is 16.5. The Labute approximate surface area is 89.2 Å². The summed E-state index contributed by atoms with van der Waals surface area (Å²) in [6.45, 7) is 5.23. The van der Waals surface area contributed by atoms with Crippen LogP contribution in [-0.4, -0.2) is 6.61 Å². The molecule has 0 unspecified atom stereocenters. The lowest BCUT2D eigenvalue weighted by molar-refractivity contribution is 0.267. The maximum absolute atomic E-state index is 5.20. The van der Waals surface area contributed by atoms with E-state index in [0.717, 1.165) is 19.4 Å². The smallest absolute Gasteiger partial charge is 0.110 e. The third kappa shape index (κ3) is 11.4. The van der Waals surface area contributed by atoms with Gasteiger partial charge in [-0.2, -0.15) is 0 Å². The van der Waals surface area contributed by atoms with Gasteiger partial charge in [0, 0.05) is 6.42 Å². The molecule has 0 heterocycles. The minimum Gasteiger partial charge on any atom is -0.447 e. The molecule has 82 valence electrons. The summed E-state index contributed by atoms with van der Waals surface area (Å²) in [5, 5.41) is 0. The van der Waals surface area contributed by atoms with E-state index in [1.807, 2.05) is 0 Å². The SMILES string of the molecule is CCCCCC#COCCCCCC. The molecule has 0 radical (unpaired) electrons. The molecule has 0 rings (SSSR count). The van der Waals surface area contributed by atoms with Crippen molar-refractivity contribution >= 4 is 0 Å². The van der Waals surface area contributed by atoms with E-state index >= 15 is 0 Å². The predicted octanol–water partition coefficient (Wildman–Crippen LogP) is 4.12. The zero-order chi connectivity index (χ0) is 10.5. The maximum Gasteiger partial charge on any atom is 0.110 e. The van der Waals surface area contributed by atoms with Crippen LogP contribution >= 0.6 is 0 Å². The first-order valence-corrected chi connectivity index (χ1v) is 6.01. The normalized spacial score (nSPS) is 9.29. The second kappa shape index (κ2) is 12.4. The quantitative estimate of drug-likeness (QED) is 0.419. The van der Waals surface area contributed by atoms with Gasteiger partial charge in [-0.1, -0.05) is 51.9 Å². The fraction of sp³-hybridized carbons (Fsp3) is 0.846. The highest BCUT2D eigenvalue weighted by Gasteiger charge is 1.86. The van der Waals surface area contributed by atoms with Crippen LogP contribution < -0.4 is 0 Å². The van der Waals surface area contributed by atoms with Crippen LogP contribution in [-0.2, 0) is 4.74 Å². The first-order chi connectivity index (χ1) is 6.91. The van der Waals surface area contributed by atoms with E-state index in [4.69, 9.17) is 4.74 Å². The van der Waals surface area contributed by atoms with E-state index in [0.29, 0.717) is 0 Å². The van der Waals surface area contributed by atoms with Gasteiger partial charge in [0.2, 0.25) is 0 Å². The van der Waals surface area contributed by atoms with Gasteiger partial charge >= 0.3 is 0 Å². The Kier molecular flexibility index (Phi) is 11.8. The molecule has 0 spiro atoms. The van der Waals surface area contributed by atoms with Crippen LogP contribution in [0.5, 0.6) is 0 Å². The molecule has 0 bridgehead atoms. The lowest BCUT2D eigenvalue weighted by Gasteiger charge is -1.96. The molecule has 0 aliphatic rings. The van der Waals surface area contributed by atoms with Crippen molar-refractivity contribution in [3.63, 3.8) is 0 Å². The van der Waals surface area contributed by atoms with Gasteiger partial charge in [-0.15, -0.1) is 0 Å². The molecule has 0 aromatic rings. The lowest BCUT2D eigenvalue weighted by atomic mass is 10.2. The van der Waals surface area contributed by atoms with E-state index in [1.165, 1.54) is 38.5 Å². The zero-order valence-electron chi connectivity index (χ0n) is 9.77. The summed E-state index contributed by atoms with van der Waals surface area (Å²) >= 11 is 0. The largest absolute Gasteiger partial charge is 0.447 e. The van der Waals surface area contributed by atoms with E-state index in [9.17, 15) is 0 Å². The topological polar surface area (TPSA) is 9.23 Å². The summed E-state index contributed by atoms with van der Waals surface area (Å²) in [7, 11) is 0. The number of hydrogen-bond donors (Lipinski definition) is 0. The third-order valence-corrected chi connectivity index (χ3v) is 2.15. The van der Waals surface area contributed by atoms with Gasteiger partial charge in [-0.3, -0.25) is 0 Å². The molecule has 0 aromatic heterocycles. The molecule has 0 fully saturated rings. The van der Waals surface area contributed by atoms with Gasteiger partial charge in [0.25, 0.3) is 0 Å². The second-order valence-electron chi connectivity index (χ2n) is 3.65. The third-order valence-electron chi connectivity index (χ3n) is 2.15. The summed E-state index contributed by atoms with van der Waals surface area (Å²) in [4.78, 5) is 0. The highest BCUT2D eigenvalue weighted by Crippen LogP contribution is 1.99. The summed E-state index contributed by atoms with van der Waals surface area (Å²) in [6, 6.07) is 0. The molecule has 1 nitrogen and oxygen atoms in total. The average Bonchev–Trinajstić information content (AvgIpc) is 2.21. The van der Waals surface area contributed by atoms with Crippen molar-refractivity contribution in [1.29, 1.82) is 0 Å². The van der Waals surface area contributed by atoms with Crippen molar-refractivity contribution in [1.82, 2.24) is 0 Å². The van der Waals surface area contributed by atoms with Gasteiger partial charge in [0.15, 0.2) is 0 Å². The second-order valence-corrected chi connectivity index (χ2v) is 3.65. The Bertz CT molecular complexity index is 152. The van der Waals surface area contributed by atoms with Crippen molar-refractivity contribution in [2.24, 2.45) is 0 Å². The van der Waals surface area contributed by atoms with Crippen LogP contribution in [0.15, 0.2) is 0 Å². The average molecular weight is 196 g/mol. The van der Waals surface area contributed by atoms with E-state index in [2.05, 4.69) is 25.9 Å². The predicted molar refractivity (Wildman–Crippen MR) is 62.0 cm³/mol. The standard InChI is InChI=1S/C13H24O/c1-3-5-7-9-11-13-14-12-10-8-6-4-2/h3-10,12H2,1-2H3. The lowest BCUT2D eigenvalue weighted by Crippen LogP contribution is -1.87. The van der Waals surface area contributed by atoms with Crippen LogP contribution in [0.25, 0.3) is 0 Å². The fourth-order valence-electron chi connectivity index (χ4n) is 1.22. The monoisotopic (exact) mass is 196 g/mol. The molecule has 1 heteroatoms. The van der Waals surface area contributed by atoms with Gasteiger partial charge in [0.1, 0.15) is 12.7 Å². The molecule has 0 aliphatic heterocycles. The maximum atomic E-state index is 5.20. The Hall–Kier alpha value is -0.640. The summed E-state index contributed by atoms with van der Waals surface area (Å²) in [5.74, 6) is 3.04. The molecule has 0 N–H and O–H groups in total. The van der Waals surface area contributed by atoms with Crippen molar-refractivity contribution in [3.8, 4) is 12.0 Å². The molecule has 0 saturated carbocycles. The van der Waals surface area contributed by atoms with Crippen molar-refractivity contribution in [2.75, 3.05) is 6.61 Å². The van der Waals surface area contributed by atoms with Crippen molar-refractivity contribution in [2.45, 2.75) is 65.2 Å². The van der Waals surface area contributed by atoms with Crippen LogP contribution in [0.2, 0.25) is 0 Å². The zero-order valence-corrected chi connectivity index (χ0v) is 9.77. The molecule has 0 amide bonds. The highest BCUT2D eigenvalue weighted by molar-refractivity contribution is 4.90. The minimum atomic E-state index is 0.806. The summed E-state index contributed by atoms with van der Waals surface area (Å²) in [6.07, 6.45) is 12.5. The molecule has 0 aromatic carbocycles. The Morgan fingerprint density at radius 2 is 1.57 bits per heavy atom. The molecular weight excluding hydrogens is 172 g/mol. The Morgan fingerprint density at radius 3 is 2.29 bits per heavy atom. The van der Waals surface area contributed by atoms with Gasteiger partial charge in [-0.05, 0) is 12.8 Å². The first-order valence-electron chi connectivity index (χ1n) is 6.01. The van der Waals surface area contributed by atoms with Gasteiger partial charge in [-0.25, -0.2) is 0 Å². The number of rotatable bonds is 8.